The van der Waals surface area contributed by atoms with Crippen LogP contribution in [0.1, 0.15) is 23.5 Å². The van der Waals surface area contributed by atoms with E-state index in [1.54, 1.807) is 18.2 Å². The van der Waals surface area contributed by atoms with Crippen LogP contribution in [0.4, 0.5) is 0 Å². The van der Waals surface area contributed by atoms with Crippen molar-refractivity contribution in [2.75, 3.05) is 6.61 Å². The summed E-state index contributed by atoms with van der Waals surface area (Å²) >= 11 is 0. The van der Waals surface area contributed by atoms with Crippen LogP contribution in [0.3, 0.4) is 0 Å². The summed E-state index contributed by atoms with van der Waals surface area (Å²) in [6.07, 6.45) is 2.08. The Hall–Kier alpha value is -3.34. The third-order valence-corrected chi connectivity index (χ3v) is 4.84. The Morgan fingerprint density at radius 2 is 1.77 bits per heavy atom. The predicted molar refractivity (Wildman–Crippen MR) is 95.4 cm³/mol. The van der Waals surface area contributed by atoms with E-state index in [1.165, 1.54) is 0 Å². The summed E-state index contributed by atoms with van der Waals surface area (Å²) in [5, 5.41) is 0.623. The molecule has 0 aliphatic carbocycles. The van der Waals surface area contributed by atoms with Gasteiger partial charge in [0.1, 0.15) is 17.9 Å². The minimum Gasteiger partial charge on any atom is -0.489 e. The van der Waals surface area contributed by atoms with Gasteiger partial charge in [0.05, 0.1) is 17.4 Å². The zero-order valence-electron chi connectivity index (χ0n) is 13.7. The molecule has 5 nitrogen and oxygen atoms in total. The molecule has 0 radical (unpaired) electrons. The monoisotopic (exact) mass is 346 g/mol. The molecule has 2 aliphatic rings. The molecule has 0 saturated carbocycles. The van der Waals surface area contributed by atoms with Gasteiger partial charge in [-0.05, 0) is 29.8 Å². The first kappa shape index (κ1) is 15.0. The van der Waals surface area contributed by atoms with Gasteiger partial charge in [-0.15, -0.1) is 0 Å². The summed E-state index contributed by atoms with van der Waals surface area (Å²) in [5.41, 5.74) is 2.11. The number of benzene rings is 2. The molecule has 0 amide bonds. The van der Waals surface area contributed by atoms with Crippen molar-refractivity contribution in [2.24, 2.45) is 0 Å². The van der Waals surface area contributed by atoms with Crippen LogP contribution in [-0.2, 0) is 4.79 Å². The molecule has 1 atom stereocenters. The van der Waals surface area contributed by atoms with E-state index in [0.717, 1.165) is 16.9 Å². The highest BCUT2D eigenvalue weighted by Gasteiger charge is 2.35. The van der Waals surface area contributed by atoms with Crippen LogP contribution in [0, 0.1) is 0 Å². The summed E-state index contributed by atoms with van der Waals surface area (Å²) in [6, 6.07) is 14.7. The van der Waals surface area contributed by atoms with Crippen LogP contribution in [-0.4, -0.2) is 12.6 Å². The Kier molecular flexibility index (Phi) is 3.22. The van der Waals surface area contributed by atoms with Gasteiger partial charge in [0.25, 0.3) is 0 Å². The van der Waals surface area contributed by atoms with Crippen molar-refractivity contribution in [1.29, 1.82) is 0 Å². The third kappa shape index (κ3) is 2.24. The van der Waals surface area contributed by atoms with E-state index in [-0.39, 0.29) is 12.4 Å². The van der Waals surface area contributed by atoms with E-state index in [0.29, 0.717) is 28.9 Å². The molecule has 0 saturated heterocycles. The molecule has 5 rings (SSSR count). The van der Waals surface area contributed by atoms with E-state index < -0.39 is 11.5 Å². The summed E-state index contributed by atoms with van der Waals surface area (Å²) in [4.78, 5) is 24.9. The van der Waals surface area contributed by atoms with Gasteiger partial charge in [-0.25, -0.2) is 4.79 Å². The molecule has 0 fully saturated rings. The van der Waals surface area contributed by atoms with Crippen molar-refractivity contribution in [3.8, 4) is 11.5 Å². The Bertz CT molecular complexity index is 1140. The van der Waals surface area contributed by atoms with Crippen molar-refractivity contribution >= 4 is 23.0 Å². The van der Waals surface area contributed by atoms with E-state index in [1.807, 2.05) is 36.4 Å². The second-order valence-electron chi connectivity index (χ2n) is 6.41. The van der Waals surface area contributed by atoms with E-state index in [2.05, 4.69) is 0 Å². The highest BCUT2D eigenvalue weighted by molar-refractivity contribution is 5.90. The number of hydrogen-bond donors (Lipinski definition) is 0. The quantitative estimate of drug-likeness (QED) is 0.497. The van der Waals surface area contributed by atoms with Gasteiger partial charge >= 0.3 is 11.6 Å². The van der Waals surface area contributed by atoms with E-state index in [4.69, 9.17) is 13.9 Å². The molecule has 1 aromatic heterocycles. The molecular weight excluding hydrogens is 332 g/mol. The topological polar surface area (TPSA) is 65.7 Å². The van der Waals surface area contributed by atoms with Gasteiger partial charge in [-0.2, -0.15) is 0 Å². The van der Waals surface area contributed by atoms with Crippen LogP contribution in [0.5, 0.6) is 11.5 Å². The number of carbonyl (C=O) groups excluding carboxylic acids is 1. The Balaban J connectivity index is 1.72. The summed E-state index contributed by atoms with van der Waals surface area (Å²) in [6.45, 7) is 0.320. The maximum atomic E-state index is 12.7. The minimum absolute atomic E-state index is 0.0907. The number of carbonyl (C=O) groups is 1. The van der Waals surface area contributed by atoms with Crippen molar-refractivity contribution < 1.29 is 18.7 Å². The first-order chi connectivity index (χ1) is 12.7. The fraction of sp³-hybridized carbons (Fsp3) is 0.143. The SMILES string of the molecule is O=C1CC(C2=Cc3ccccc3OC2)c2c(c3ccccc3oc2=O)O1. The fourth-order valence-electron chi connectivity index (χ4n) is 3.62. The molecule has 0 spiro atoms. The average molecular weight is 346 g/mol. The third-order valence-electron chi connectivity index (χ3n) is 4.84. The van der Waals surface area contributed by atoms with Crippen LogP contribution in [0.25, 0.3) is 17.0 Å². The summed E-state index contributed by atoms with van der Waals surface area (Å²) in [5.74, 6) is 0.316. The first-order valence-corrected chi connectivity index (χ1v) is 8.39. The van der Waals surface area contributed by atoms with E-state index >= 15 is 0 Å². The largest absolute Gasteiger partial charge is 0.489 e. The summed E-state index contributed by atoms with van der Waals surface area (Å²) < 4.78 is 16.7. The maximum Gasteiger partial charge on any atom is 0.343 e. The van der Waals surface area contributed by atoms with Crippen LogP contribution in [0.2, 0.25) is 0 Å². The highest BCUT2D eigenvalue weighted by Crippen LogP contribution is 2.42. The number of fused-ring (bicyclic) bond motifs is 4. The number of para-hydroxylation sites is 2. The van der Waals surface area contributed by atoms with E-state index in [9.17, 15) is 9.59 Å². The molecule has 0 bridgehead atoms. The van der Waals surface area contributed by atoms with Gasteiger partial charge in [-0.3, -0.25) is 4.79 Å². The predicted octanol–water partition coefficient (Wildman–Crippen LogP) is 3.66. The maximum absolute atomic E-state index is 12.7. The lowest BCUT2D eigenvalue weighted by molar-refractivity contribution is -0.135. The highest BCUT2D eigenvalue weighted by atomic mass is 16.5. The Morgan fingerprint density at radius 1 is 0.962 bits per heavy atom. The molecule has 1 unspecified atom stereocenters. The summed E-state index contributed by atoms with van der Waals surface area (Å²) in [7, 11) is 0. The number of rotatable bonds is 1. The van der Waals surface area contributed by atoms with Crippen LogP contribution >= 0.6 is 0 Å². The van der Waals surface area contributed by atoms with Gasteiger partial charge in [0.2, 0.25) is 0 Å². The zero-order chi connectivity index (χ0) is 17.7. The normalized spacial score (nSPS) is 18.4. The van der Waals surface area contributed by atoms with Gasteiger partial charge < -0.3 is 13.9 Å². The van der Waals surface area contributed by atoms with Gasteiger partial charge in [0, 0.05) is 11.5 Å². The second kappa shape index (κ2) is 5.59. The number of hydrogen-bond acceptors (Lipinski definition) is 5. The van der Waals surface area contributed by atoms with Crippen LogP contribution < -0.4 is 15.1 Å². The molecule has 3 aromatic rings. The molecule has 3 heterocycles. The first-order valence-electron chi connectivity index (χ1n) is 8.39. The molecule has 0 N–H and O–H groups in total. The Labute approximate surface area is 148 Å². The fourth-order valence-corrected chi connectivity index (χ4v) is 3.62. The van der Waals surface area contributed by atoms with Crippen molar-refractivity contribution in [3.63, 3.8) is 0 Å². The molecule has 2 aliphatic heterocycles. The Morgan fingerprint density at radius 3 is 2.69 bits per heavy atom. The van der Waals surface area contributed by atoms with Crippen molar-refractivity contribution in [2.45, 2.75) is 12.3 Å². The average Bonchev–Trinajstić information content (AvgIpc) is 2.67. The smallest absolute Gasteiger partial charge is 0.343 e. The number of ether oxygens (including phenoxy) is 2. The van der Waals surface area contributed by atoms with Crippen molar-refractivity contribution in [1.82, 2.24) is 0 Å². The minimum atomic E-state index is -0.476. The lowest BCUT2D eigenvalue weighted by atomic mass is 9.85. The number of esters is 1. The lowest BCUT2D eigenvalue weighted by Crippen LogP contribution is -2.29. The standard InChI is InChI=1S/C21H14O5/c22-18-10-15(13-9-12-5-1-3-7-16(12)24-11-13)19-20(26-18)14-6-2-4-8-17(14)25-21(19)23/h1-9,15H,10-11H2. The van der Waals surface area contributed by atoms with Gasteiger partial charge in [-0.1, -0.05) is 30.3 Å². The molecular formula is C21H14O5. The van der Waals surface area contributed by atoms with Gasteiger partial charge in [0.15, 0.2) is 5.75 Å². The molecule has 5 heteroatoms. The molecule has 26 heavy (non-hydrogen) atoms. The molecule has 128 valence electrons. The second-order valence-corrected chi connectivity index (χ2v) is 6.41. The lowest BCUT2D eigenvalue weighted by Gasteiger charge is -2.28. The zero-order valence-corrected chi connectivity index (χ0v) is 13.7. The van der Waals surface area contributed by atoms with Crippen molar-refractivity contribution in [3.05, 3.63) is 75.7 Å². The van der Waals surface area contributed by atoms with Crippen LogP contribution in [0.15, 0.2) is 63.3 Å². The molecule has 2 aromatic carbocycles.